The lowest BCUT2D eigenvalue weighted by atomic mass is 10.1. The average Bonchev–Trinajstić information content (AvgIpc) is 2.35. The van der Waals surface area contributed by atoms with Crippen LogP contribution in [0.25, 0.3) is 0 Å². The number of allylic oxidation sites excluding steroid dienone is 2. The summed E-state index contributed by atoms with van der Waals surface area (Å²) in [7, 11) is 0. The summed E-state index contributed by atoms with van der Waals surface area (Å²) in [6.45, 7) is 1.84. The molecule has 0 aliphatic rings. The van der Waals surface area contributed by atoms with Crippen molar-refractivity contribution in [3.63, 3.8) is 0 Å². The minimum absolute atomic E-state index is 0.00487. The van der Waals surface area contributed by atoms with E-state index in [0.717, 1.165) is 0 Å². The molecule has 1 aromatic carbocycles. The molecule has 1 aromatic rings. The number of nitrogens with zero attached hydrogens (tertiary/aromatic N) is 2. The fourth-order valence-corrected chi connectivity index (χ4v) is 1.20. The van der Waals surface area contributed by atoms with Gasteiger partial charge in [0.2, 0.25) is 5.91 Å². The first-order valence-corrected chi connectivity index (χ1v) is 5.30. The smallest absolute Gasteiger partial charge is 0.269 e. The van der Waals surface area contributed by atoms with Crippen molar-refractivity contribution in [2.45, 2.75) is 13.3 Å². The standard InChI is InChI=1S/C12H13N3O3/c1-2-3-8-13-14-12(16)9-10-4-6-11(7-5-10)15(17)18/h2-8H,9H2,1H3,(H,14,16). The summed E-state index contributed by atoms with van der Waals surface area (Å²) in [4.78, 5) is 21.4. The summed E-state index contributed by atoms with van der Waals surface area (Å²) in [6, 6.07) is 5.83. The molecule has 6 heteroatoms. The van der Waals surface area contributed by atoms with Crippen molar-refractivity contribution in [1.29, 1.82) is 0 Å². The van der Waals surface area contributed by atoms with Gasteiger partial charge in [-0.3, -0.25) is 14.9 Å². The van der Waals surface area contributed by atoms with Crippen LogP contribution in [-0.4, -0.2) is 17.0 Å². The number of benzene rings is 1. The van der Waals surface area contributed by atoms with Crippen molar-refractivity contribution in [1.82, 2.24) is 5.43 Å². The van der Waals surface area contributed by atoms with E-state index >= 15 is 0 Å². The fourth-order valence-electron chi connectivity index (χ4n) is 1.20. The van der Waals surface area contributed by atoms with E-state index in [1.54, 1.807) is 24.3 Å². The lowest BCUT2D eigenvalue weighted by Gasteiger charge is -1.99. The SMILES string of the molecule is CC=CC=NNC(=O)Cc1ccc([N+](=O)[O-])cc1. The van der Waals surface area contributed by atoms with Crippen LogP contribution in [0.1, 0.15) is 12.5 Å². The summed E-state index contributed by atoms with van der Waals surface area (Å²) >= 11 is 0. The summed E-state index contributed by atoms with van der Waals surface area (Å²) in [6.07, 6.45) is 5.07. The normalized spacial score (nSPS) is 10.9. The first-order valence-electron chi connectivity index (χ1n) is 5.30. The Bertz CT molecular complexity index is 478. The molecule has 0 aromatic heterocycles. The minimum atomic E-state index is -0.481. The Morgan fingerprint density at radius 2 is 2.11 bits per heavy atom. The molecule has 94 valence electrons. The van der Waals surface area contributed by atoms with Crippen molar-refractivity contribution in [3.8, 4) is 0 Å². The molecule has 0 unspecified atom stereocenters. The zero-order chi connectivity index (χ0) is 13.4. The molecule has 1 amide bonds. The number of hydrazone groups is 1. The average molecular weight is 247 g/mol. The molecule has 1 N–H and O–H groups in total. The predicted molar refractivity (Wildman–Crippen MR) is 68.2 cm³/mol. The fraction of sp³-hybridized carbons (Fsp3) is 0.167. The van der Waals surface area contributed by atoms with Gasteiger partial charge in [-0.1, -0.05) is 18.2 Å². The molecular weight excluding hydrogens is 234 g/mol. The number of non-ortho nitro benzene ring substituents is 1. The highest BCUT2D eigenvalue weighted by molar-refractivity contribution is 5.80. The van der Waals surface area contributed by atoms with Crippen LogP contribution in [0.4, 0.5) is 5.69 Å². The molecular formula is C12H13N3O3. The van der Waals surface area contributed by atoms with Gasteiger partial charge in [0, 0.05) is 18.3 Å². The van der Waals surface area contributed by atoms with Gasteiger partial charge in [-0.2, -0.15) is 5.10 Å². The summed E-state index contributed by atoms with van der Waals surface area (Å²) in [5, 5.41) is 14.1. The van der Waals surface area contributed by atoms with Gasteiger partial charge in [-0.05, 0) is 18.6 Å². The number of nitro groups is 1. The van der Waals surface area contributed by atoms with Gasteiger partial charge in [0.25, 0.3) is 5.69 Å². The first-order chi connectivity index (χ1) is 8.63. The predicted octanol–water partition coefficient (Wildman–Crippen LogP) is 1.82. The Balaban J connectivity index is 2.52. The topological polar surface area (TPSA) is 84.6 Å². The second kappa shape index (κ2) is 6.95. The van der Waals surface area contributed by atoms with E-state index in [4.69, 9.17) is 0 Å². The van der Waals surface area contributed by atoms with E-state index in [0.29, 0.717) is 5.56 Å². The van der Waals surface area contributed by atoms with E-state index in [-0.39, 0.29) is 18.0 Å². The van der Waals surface area contributed by atoms with Crippen LogP contribution in [0.2, 0.25) is 0 Å². The van der Waals surface area contributed by atoms with Crippen LogP contribution in [0.15, 0.2) is 41.5 Å². The number of hydrogen-bond donors (Lipinski definition) is 1. The van der Waals surface area contributed by atoms with E-state index in [9.17, 15) is 14.9 Å². The van der Waals surface area contributed by atoms with Crippen molar-refractivity contribution in [3.05, 3.63) is 52.1 Å². The van der Waals surface area contributed by atoms with Crippen molar-refractivity contribution < 1.29 is 9.72 Å². The first kappa shape index (κ1) is 13.6. The second-order valence-electron chi connectivity index (χ2n) is 3.44. The van der Waals surface area contributed by atoms with Gasteiger partial charge in [0.15, 0.2) is 0 Å². The molecule has 18 heavy (non-hydrogen) atoms. The molecule has 0 spiro atoms. The molecule has 0 bridgehead atoms. The van der Waals surface area contributed by atoms with Crippen molar-refractivity contribution >= 4 is 17.8 Å². The Hall–Kier alpha value is -2.50. The molecule has 0 radical (unpaired) electrons. The molecule has 0 heterocycles. The molecule has 6 nitrogen and oxygen atoms in total. The Morgan fingerprint density at radius 3 is 2.67 bits per heavy atom. The van der Waals surface area contributed by atoms with Crippen LogP contribution in [0.5, 0.6) is 0 Å². The molecule has 0 atom stereocenters. The quantitative estimate of drug-likeness (QED) is 0.489. The van der Waals surface area contributed by atoms with E-state index in [1.807, 2.05) is 6.92 Å². The van der Waals surface area contributed by atoms with Gasteiger partial charge >= 0.3 is 0 Å². The summed E-state index contributed by atoms with van der Waals surface area (Å²) in [5.74, 6) is -0.274. The molecule has 0 aliphatic carbocycles. The third-order valence-electron chi connectivity index (χ3n) is 2.05. The van der Waals surface area contributed by atoms with Crippen molar-refractivity contribution in [2.75, 3.05) is 0 Å². The molecule has 0 fully saturated rings. The van der Waals surface area contributed by atoms with Gasteiger partial charge < -0.3 is 0 Å². The number of amides is 1. The lowest BCUT2D eigenvalue weighted by Crippen LogP contribution is -2.19. The maximum absolute atomic E-state index is 11.4. The number of nitro benzene ring substituents is 1. The highest BCUT2D eigenvalue weighted by Gasteiger charge is 2.06. The maximum Gasteiger partial charge on any atom is 0.269 e. The zero-order valence-electron chi connectivity index (χ0n) is 9.87. The monoisotopic (exact) mass is 247 g/mol. The van der Waals surface area contributed by atoms with Crippen LogP contribution >= 0.6 is 0 Å². The van der Waals surface area contributed by atoms with Gasteiger partial charge in [0.1, 0.15) is 0 Å². The number of rotatable bonds is 5. The summed E-state index contributed by atoms with van der Waals surface area (Å²) in [5.41, 5.74) is 3.05. The second-order valence-corrected chi connectivity index (χ2v) is 3.44. The zero-order valence-corrected chi connectivity index (χ0v) is 9.87. The summed E-state index contributed by atoms with van der Waals surface area (Å²) < 4.78 is 0. The van der Waals surface area contributed by atoms with E-state index in [2.05, 4.69) is 10.5 Å². The minimum Gasteiger partial charge on any atom is -0.273 e. The lowest BCUT2D eigenvalue weighted by molar-refractivity contribution is -0.384. The Morgan fingerprint density at radius 1 is 1.44 bits per heavy atom. The van der Waals surface area contributed by atoms with Gasteiger partial charge in [-0.25, -0.2) is 5.43 Å². The van der Waals surface area contributed by atoms with Crippen LogP contribution in [0.3, 0.4) is 0 Å². The van der Waals surface area contributed by atoms with Crippen LogP contribution in [-0.2, 0) is 11.2 Å². The number of carbonyl (C=O) groups excluding carboxylic acids is 1. The highest BCUT2D eigenvalue weighted by atomic mass is 16.6. The third kappa shape index (κ3) is 4.56. The molecule has 0 saturated heterocycles. The van der Waals surface area contributed by atoms with E-state index < -0.39 is 4.92 Å². The number of nitrogens with one attached hydrogen (secondary N) is 1. The van der Waals surface area contributed by atoms with Crippen molar-refractivity contribution in [2.24, 2.45) is 5.10 Å². The molecule has 0 saturated carbocycles. The van der Waals surface area contributed by atoms with Crippen LogP contribution < -0.4 is 5.43 Å². The largest absolute Gasteiger partial charge is 0.273 e. The highest BCUT2D eigenvalue weighted by Crippen LogP contribution is 2.12. The maximum atomic E-state index is 11.4. The van der Waals surface area contributed by atoms with Crippen LogP contribution in [0, 0.1) is 10.1 Å². The number of hydrogen-bond acceptors (Lipinski definition) is 4. The van der Waals surface area contributed by atoms with E-state index in [1.165, 1.54) is 18.3 Å². The Kier molecular flexibility index (Phi) is 5.24. The third-order valence-corrected chi connectivity index (χ3v) is 2.05. The molecule has 1 rings (SSSR count). The van der Waals surface area contributed by atoms with Gasteiger partial charge in [0.05, 0.1) is 11.3 Å². The van der Waals surface area contributed by atoms with Gasteiger partial charge in [-0.15, -0.1) is 0 Å². The number of carbonyl (C=O) groups is 1. The molecule has 0 aliphatic heterocycles. The Labute approximate surface area is 104 Å².